The molecule has 0 saturated heterocycles. The van der Waals surface area contributed by atoms with E-state index in [0.717, 1.165) is 17.1 Å². The van der Waals surface area contributed by atoms with Gasteiger partial charge in [0.15, 0.2) is 0 Å². The number of benzene rings is 1. The zero-order valence-electron chi connectivity index (χ0n) is 10.9. The van der Waals surface area contributed by atoms with Crippen molar-refractivity contribution in [2.24, 2.45) is 5.92 Å². The van der Waals surface area contributed by atoms with Gasteiger partial charge in [-0.05, 0) is 37.7 Å². The van der Waals surface area contributed by atoms with E-state index in [1.165, 1.54) is 0 Å². The van der Waals surface area contributed by atoms with Crippen molar-refractivity contribution in [3.8, 4) is 11.5 Å². The first-order valence-corrected chi connectivity index (χ1v) is 9.43. The molecule has 1 N–H and O–H groups in total. The minimum Gasteiger partial charge on any atom is -0.544 e. The second-order valence-corrected chi connectivity index (χ2v) is 9.96. The molecule has 2 rings (SSSR count). The van der Waals surface area contributed by atoms with Gasteiger partial charge >= 0.3 is 5.97 Å². The zero-order chi connectivity index (χ0) is 13.3. The van der Waals surface area contributed by atoms with Gasteiger partial charge in [0.05, 0.1) is 5.92 Å². The van der Waals surface area contributed by atoms with Crippen LogP contribution in [0.15, 0.2) is 18.2 Å². The maximum absolute atomic E-state index is 10.9. The maximum atomic E-state index is 10.9. The molecule has 0 radical (unpaired) electrons. The smallest absolute Gasteiger partial charge is 0.310 e. The number of carboxylic acids is 1. The molecule has 1 aliphatic heterocycles. The van der Waals surface area contributed by atoms with E-state index in [0.29, 0.717) is 6.42 Å². The maximum Gasteiger partial charge on any atom is 0.310 e. The van der Waals surface area contributed by atoms with E-state index < -0.39 is 20.2 Å². The third-order valence-corrected chi connectivity index (χ3v) is 3.57. The molecule has 5 heteroatoms. The Labute approximate surface area is 108 Å². The lowest BCUT2D eigenvalue weighted by Gasteiger charge is -2.25. The molecule has 0 aliphatic carbocycles. The van der Waals surface area contributed by atoms with Crippen LogP contribution < -0.4 is 9.16 Å². The van der Waals surface area contributed by atoms with Crippen LogP contribution in [0.25, 0.3) is 0 Å². The Bertz CT molecular complexity index is 465. The van der Waals surface area contributed by atoms with Crippen molar-refractivity contribution in [2.75, 3.05) is 6.61 Å². The Morgan fingerprint density at radius 2 is 2.17 bits per heavy atom. The molecule has 1 aromatic carbocycles. The van der Waals surface area contributed by atoms with Gasteiger partial charge in [-0.15, -0.1) is 0 Å². The summed E-state index contributed by atoms with van der Waals surface area (Å²) in [6.45, 7) is 6.59. The van der Waals surface area contributed by atoms with Gasteiger partial charge in [0.1, 0.15) is 18.1 Å². The van der Waals surface area contributed by atoms with Gasteiger partial charge in [-0.3, -0.25) is 4.79 Å². The Morgan fingerprint density at radius 1 is 1.44 bits per heavy atom. The van der Waals surface area contributed by atoms with Crippen molar-refractivity contribution in [1.82, 2.24) is 0 Å². The van der Waals surface area contributed by atoms with Gasteiger partial charge in [-0.2, -0.15) is 0 Å². The normalized spacial score (nSPS) is 18.7. The van der Waals surface area contributed by atoms with Crippen LogP contribution >= 0.6 is 0 Å². The van der Waals surface area contributed by atoms with E-state index in [-0.39, 0.29) is 6.61 Å². The fourth-order valence-electron chi connectivity index (χ4n) is 1.93. The topological polar surface area (TPSA) is 55.8 Å². The fourth-order valence-corrected chi connectivity index (χ4v) is 2.76. The monoisotopic (exact) mass is 266 g/mol. The Balaban J connectivity index is 2.17. The Kier molecular flexibility index (Phi) is 3.34. The third-order valence-electron chi connectivity index (χ3n) is 2.72. The van der Waals surface area contributed by atoms with Crippen LogP contribution in [-0.4, -0.2) is 26.0 Å². The number of hydrogen-bond acceptors (Lipinski definition) is 3. The number of ether oxygens (including phenoxy) is 1. The van der Waals surface area contributed by atoms with Gasteiger partial charge in [0.2, 0.25) is 8.32 Å². The molecule has 1 heterocycles. The minimum absolute atomic E-state index is 0.235. The molecular weight excluding hydrogens is 248 g/mol. The largest absolute Gasteiger partial charge is 0.544 e. The first-order chi connectivity index (χ1) is 8.35. The van der Waals surface area contributed by atoms with Crippen molar-refractivity contribution in [3.63, 3.8) is 0 Å². The minimum atomic E-state index is -1.62. The zero-order valence-corrected chi connectivity index (χ0v) is 11.9. The van der Waals surface area contributed by atoms with E-state index in [1.54, 1.807) is 0 Å². The van der Waals surface area contributed by atoms with Crippen LogP contribution in [-0.2, 0) is 11.2 Å². The molecule has 0 aromatic heterocycles. The van der Waals surface area contributed by atoms with E-state index in [4.69, 9.17) is 14.3 Å². The van der Waals surface area contributed by atoms with Crippen LogP contribution in [0.1, 0.15) is 5.56 Å². The quantitative estimate of drug-likeness (QED) is 0.854. The second kappa shape index (κ2) is 4.64. The molecule has 0 bridgehead atoms. The summed E-state index contributed by atoms with van der Waals surface area (Å²) < 4.78 is 11.4. The van der Waals surface area contributed by atoms with Crippen LogP contribution in [0.4, 0.5) is 0 Å². The summed E-state index contributed by atoms with van der Waals surface area (Å²) in [4.78, 5) is 10.9. The predicted molar refractivity (Wildman–Crippen MR) is 70.7 cm³/mol. The van der Waals surface area contributed by atoms with E-state index in [9.17, 15) is 4.79 Å². The van der Waals surface area contributed by atoms with E-state index >= 15 is 0 Å². The molecule has 1 unspecified atom stereocenters. The number of fused-ring (bicyclic) bond motifs is 1. The standard InChI is InChI=1S/C13H18O4Si/c1-18(2,3)17-11-5-4-9-6-10(13(14)15)8-16-12(9)7-11/h4-5,7,10H,6,8H2,1-3H3,(H,14,15). The highest BCUT2D eigenvalue weighted by Crippen LogP contribution is 2.32. The molecule has 4 nitrogen and oxygen atoms in total. The van der Waals surface area contributed by atoms with Crippen LogP contribution in [0, 0.1) is 5.92 Å². The number of aliphatic carboxylic acids is 1. The summed E-state index contributed by atoms with van der Waals surface area (Å²) in [5.74, 6) is 0.314. The molecule has 18 heavy (non-hydrogen) atoms. The summed E-state index contributed by atoms with van der Waals surface area (Å²) in [6.07, 6.45) is 0.526. The average Bonchev–Trinajstić information content (AvgIpc) is 2.26. The number of carboxylic acid groups (broad SMARTS) is 1. The Hall–Kier alpha value is -1.49. The lowest BCUT2D eigenvalue weighted by molar-refractivity contribution is -0.143. The second-order valence-electron chi connectivity index (χ2n) is 5.53. The molecule has 1 atom stereocenters. The summed E-state index contributed by atoms with van der Waals surface area (Å²) >= 11 is 0. The molecular formula is C13H18O4Si. The summed E-state index contributed by atoms with van der Waals surface area (Å²) in [5.41, 5.74) is 0.941. The van der Waals surface area contributed by atoms with E-state index in [2.05, 4.69) is 19.6 Å². The van der Waals surface area contributed by atoms with Crippen molar-refractivity contribution in [1.29, 1.82) is 0 Å². The van der Waals surface area contributed by atoms with Gasteiger partial charge in [0, 0.05) is 6.07 Å². The highest BCUT2D eigenvalue weighted by Gasteiger charge is 2.26. The van der Waals surface area contributed by atoms with Crippen LogP contribution in [0.5, 0.6) is 11.5 Å². The molecule has 98 valence electrons. The van der Waals surface area contributed by atoms with Gasteiger partial charge in [-0.25, -0.2) is 0 Å². The summed E-state index contributed by atoms with van der Waals surface area (Å²) in [6, 6.07) is 5.66. The summed E-state index contributed by atoms with van der Waals surface area (Å²) in [7, 11) is -1.62. The lowest BCUT2D eigenvalue weighted by atomic mass is 9.97. The van der Waals surface area contributed by atoms with Crippen molar-refractivity contribution in [3.05, 3.63) is 23.8 Å². The highest BCUT2D eigenvalue weighted by atomic mass is 28.4. The van der Waals surface area contributed by atoms with E-state index in [1.807, 2.05) is 18.2 Å². The number of rotatable bonds is 3. The highest BCUT2D eigenvalue weighted by molar-refractivity contribution is 6.70. The molecule has 0 amide bonds. The number of hydrogen-bond donors (Lipinski definition) is 1. The summed E-state index contributed by atoms with van der Waals surface area (Å²) in [5, 5.41) is 8.97. The van der Waals surface area contributed by atoms with Crippen LogP contribution in [0.3, 0.4) is 0 Å². The first-order valence-electron chi connectivity index (χ1n) is 6.03. The number of carbonyl (C=O) groups is 1. The first kappa shape index (κ1) is 13.0. The molecule has 1 aromatic rings. The van der Waals surface area contributed by atoms with Crippen molar-refractivity contribution >= 4 is 14.3 Å². The van der Waals surface area contributed by atoms with Crippen LogP contribution in [0.2, 0.25) is 19.6 Å². The van der Waals surface area contributed by atoms with Gasteiger partial charge in [-0.1, -0.05) is 6.07 Å². The molecule has 0 spiro atoms. The lowest BCUT2D eigenvalue weighted by Crippen LogP contribution is -2.30. The fraction of sp³-hybridized carbons (Fsp3) is 0.462. The SMILES string of the molecule is C[Si](C)(C)Oc1ccc2c(c1)OCC(C(=O)O)C2. The molecule has 0 saturated carbocycles. The molecule has 1 aliphatic rings. The Morgan fingerprint density at radius 3 is 2.78 bits per heavy atom. The average molecular weight is 266 g/mol. The predicted octanol–water partition coefficient (Wildman–Crippen LogP) is 2.54. The molecule has 0 fully saturated rings. The van der Waals surface area contributed by atoms with Crippen molar-refractivity contribution < 1.29 is 19.1 Å². The third kappa shape index (κ3) is 3.04. The van der Waals surface area contributed by atoms with Gasteiger partial charge < -0.3 is 14.3 Å². The van der Waals surface area contributed by atoms with Crippen molar-refractivity contribution in [2.45, 2.75) is 26.1 Å². The van der Waals surface area contributed by atoms with Gasteiger partial charge in [0.25, 0.3) is 0 Å².